The molecular formula is C35H37BrN2O2. The van der Waals surface area contributed by atoms with Crippen LogP contribution < -0.4 is 5.32 Å². The van der Waals surface area contributed by atoms with Crippen molar-refractivity contribution in [2.75, 3.05) is 6.54 Å². The lowest BCUT2D eigenvalue weighted by atomic mass is 9.87. The average Bonchev–Trinajstić information content (AvgIpc) is 2.98. The van der Waals surface area contributed by atoms with Crippen molar-refractivity contribution in [2.24, 2.45) is 5.92 Å². The van der Waals surface area contributed by atoms with E-state index in [4.69, 9.17) is 0 Å². The molecule has 0 heterocycles. The van der Waals surface area contributed by atoms with Crippen LogP contribution in [0.15, 0.2) is 120 Å². The minimum Gasteiger partial charge on any atom is -0.354 e. The molecule has 4 aromatic carbocycles. The van der Waals surface area contributed by atoms with Gasteiger partial charge in [-0.05, 0) is 40.3 Å². The summed E-state index contributed by atoms with van der Waals surface area (Å²) in [5, 5.41) is 3.11. The van der Waals surface area contributed by atoms with Crippen LogP contribution >= 0.6 is 15.9 Å². The van der Waals surface area contributed by atoms with Crippen molar-refractivity contribution in [1.29, 1.82) is 0 Å². The van der Waals surface area contributed by atoms with Gasteiger partial charge in [-0.25, -0.2) is 0 Å². The molecule has 0 aromatic heterocycles. The Labute approximate surface area is 246 Å². The van der Waals surface area contributed by atoms with Gasteiger partial charge in [0.25, 0.3) is 0 Å². The van der Waals surface area contributed by atoms with E-state index < -0.39 is 6.04 Å². The molecule has 0 saturated carbocycles. The Hall–Kier alpha value is -3.70. The van der Waals surface area contributed by atoms with E-state index in [0.29, 0.717) is 25.4 Å². The van der Waals surface area contributed by atoms with Crippen LogP contribution in [-0.4, -0.2) is 29.3 Å². The number of rotatable bonds is 12. The highest BCUT2D eigenvalue weighted by atomic mass is 79.9. The molecule has 0 aliphatic rings. The van der Waals surface area contributed by atoms with Gasteiger partial charge in [0.1, 0.15) is 6.04 Å². The molecule has 0 aliphatic carbocycles. The van der Waals surface area contributed by atoms with E-state index in [1.807, 2.05) is 91.0 Å². The van der Waals surface area contributed by atoms with E-state index >= 15 is 0 Å². The molecule has 0 aliphatic heterocycles. The molecule has 206 valence electrons. The summed E-state index contributed by atoms with van der Waals surface area (Å²) in [5.74, 6) is -0.00356. The summed E-state index contributed by atoms with van der Waals surface area (Å²) in [5.41, 5.74) is 4.15. The average molecular weight is 598 g/mol. The van der Waals surface area contributed by atoms with Crippen molar-refractivity contribution in [3.63, 3.8) is 0 Å². The number of halogens is 1. The Morgan fingerprint density at radius 3 is 1.77 bits per heavy atom. The smallest absolute Gasteiger partial charge is 0.243 e. The maximum Gasteiger partial charge on any atom is 0.243 e. The van der Waals surface area contributed by atoms with Crippen molar-refractivity contribution >= 4 is 27.7 Å². The van der Waals surface area contributed by atoms with Crippen LogP contribution in [0.4, 0.5) is 0 Å². The van der Waals surface area contributed by atoms with Crippen LogP contribution in [0.5, 0.6) is 0 Å². The van der Waals surface area contributed by atoms with Gasteiger partial charge in [-0.15, -0.1) is 0 Å². The van der Waals surface area contributed by atoms with E-state index in [9.17, 15) is 9.59 Å². The molecule has 4 rings (SSSR count). The van der Waals surface area contributed by atoms with Crippen LogP contribution in [0.1, 0.15) is 48.4 Å². The fourth-order valence-electron chi connectivity index (χ4n) is 4.85. The lowest BCUT2D eigenvalue weighted by Crippen LogP contribution is -2.51. The van der Waals surface area contributed by atoms with Gasteiger partial charge in [-0.2, -0.15) is 0 Å². The quantitative estimate of drug-likeness (QED) is 0.185. The largest absolute Gasteiger partial charge is 0.354 e. The first-order valence-electron chi connectivity index (χ1n) is 13.9. The zero-order valence-electron chi connectivity index (χ0n) is 23.2. The summed E-state index contributed by atoms with van der Waals surface area (Å²) in [6.45, 7) is 5.04. The summed E-state index contributed by atoms with van der Waals surface area (Å²) in [6, 6.07) is 37.5. The van der Waals surface area contributed by atoms with Gasteiger partial charge in [0.2, 0.25) is 11.8 Å². The molecule has 2 amide bonds. The number of amides is 2. The molecule has 40 heavy (non-hydrogen) atoms. The third kappa shape index (κ3) is 8.40. The Morgan fingerprint density at radius 1 is 0.725 bits per heavy atom. The molecular weight excluding hydrogens is 560 g/mol. The summed E-state index contributed by atoms with van der Waals surface area (Å²) < 4.78 is 0.970. The van der Waals surface area contributed by atoms with Crippen LogP contribution in [0, 0.1) is 5.92 Å². The summed E-state index contributed by atoms with van der Waals surface area (Å²) in [4.78, 5) is 29.9. The number of hydrogen-bond acceptors (Lipinski definition) is 2. The van der Waals surface area contributed by atoms with Gasteiger partial charge >= 0.3 is 0 Å². The van der Waals surface area contributed by atoms with Crippen LogP contribution in [0.2, 0.25) is 0 Å². The molecule has 1 atom stereocenters. The maximum absolute atomic E-state index is 14.4. The Bertz CT molecular complexity index is 1300. The van der Waals surface area contributed by atoms with Gasteiger partial charge in [-0.3, -0.25) is 9.59 Å². The van der Waals surface area contributed by atoms with Crippen LogP contribution in [-0.2, 0) is 22.6 Å². The number of carbonyl (C=O) groups is 2. The zero-order valence-corrected chi connectivity index (χ0v) is 24.8. The normalized spacial score (nSPS) is 11.8. The molecule has 0 fully saturated rings. The predicted molar refractivity (Wildman–Crippen MR) is 166 cm³/mol. The molecule has 4 aromatic rings. The number of nitrogens with zero attached hydrogens (tertiary/aromatic N) is 1. The minimum absolute atomic E-state index is 0.0544. The Balaban J connectivity index is 1.72. The van der Waals surface area contributed by atoms with Gasteiger partial charge in [0.05, 0.1) is 0 Å². The fraction of sp³-hybridized carbons (Fsp3) is 0.257. The second-order valence-corrected chi connectivity index (χ2v) is 11.5. The standard InChI is InChI=1S/C35H37BrN2O2/c1-26(2)24-37-35(40)33(22-27-12-6-3-7-13-27)38(25-28-18-20-31(36)21-19-28)34(39)23-32(29-14-8-4-9-15-29)30-16-10-5-11-17-30/h3-21,26,32-33H,22-25H2,1-2H3,(H,37,40). The van der Waals surface area contributed by atoms with Crippen molar-refractivity contribution in [1.82, 2.24) is 10.2 Å². The van der Waals surface area contributed by atoms with E-state index in [1.54, 1.807) is 4.90 Å². The zero-order chi connectivity index (χ0) is 28.3. The molecule has 5 heteroatoms. The monoisotopic (exact) mass is 596 g/mol. The molecule has 1 unspecified atom stereocenters. The van der Waals surface area contributed by atoms with Gasteiger partial charge in [-0.1, -0.05) is 133 Å². The van der Waals surface area contributed by atoms with Gasteiger partial charge in [0, 0.05) is 36.3 Å². The van der Waals surface area contributed by atoms with Crippen LogP contribution in [0.25, 0.3) is 0 Å². The van der Waals surface area contributed by atoms with Gasteiger partial charge in [0.15, 0.2) is 0 Å². The van der Waals surface area contributed by atoms with Gasteiger partial charge < -0.3 is 10.2 Å². The molecule has 0 spiro atoms. The number of carbonyl (C=O) groups excluding carboxylic acids is 2. The highest BCUT2D eigenvalue weighted by molar-refractivity contribution is 9.10. The number of nitrogens with one attached hydrogen (secondary N) is 1. The molecule has 4 nitrogen and oxygen atoms in total. The van der Waals surface area contributed by atoms with E-state index in [-0.39, 0.29) is 24.2 Å². The first-order valence-corrected chi connectivity index (χ1v) is 14.7. The Kier molecular flexibility index (Phi) is 10.7. The van der Waals surface area contributed by atoms with Crippen molar-refractivity contribution in [2.45, 2.75) is 45.2 Å². The number of benzene rings is 4. The number of hydrogen-bond donors (Lipinski definition) is 1. The minimum atomic E-state index is -0.649. The summed E-state index contributed by atoms with van der Waals surface area (Å²) in [6.07, 6.45) is 0.696. The van der Waals surface area contributed by atoms with Crippen molar-refractivity contribution in [3.05, 3.63) is 142 Å². The van der Waals surface area contributed by atoms with Crippen molar-refractivity contribution in [3.8, 4) is 0 Å². The van der Waals surface area contributed by atoms with Crippen molar-refractivity contribution < 1.29 is 9.59 Å². The molecule has 0 bridgehead atoms. The lowest BCUT2D eigenvalue weighted by Gasteiger charge is -2.33. The second kappa shape index (κ2) is 14.6. The Morgan fingerprint density at radius 2 is 1.25 bits per heavy atom. The highest BCUT2D eigenvalue weighted by Gasteiger charge is 2.32. The third-order valence-electron chi connectivity index (χ3n) is 7.00. The van der Waals surface area contributed by atoms with E-state index in [2.05, 4.69) is 59.4 Å². The van der Waals surface area contributed by atoms with E-state index in [1.165, 1.54) is 0 Å². The first-order chi connectivity index (χ1) is 19.4. The first kappa shape index (κ1) is 29.3. The highest BCUT2D eigenvalue weighted by Crippen LogP contribution is 2.30. The van der Waals surface area contributed by atoms with E-state index in [0.717, 1.165) is 26.7 Å². The SMILES string of the molecule is CC(C)CNC(=O)C(Cc1ccccc1)N(Cc1ccc(Br)cc1)C(=O)CC(c1ccccc1)c1ccccc1. The second-order valence-electron chi connectivity index (χ2n) is 10.6. The summed E-state index contributed by atoms with van der Waals surface area (Å²) in [7, 11) is 0. The summed E-state index contributed by atoms with van der Waals surface area (Å²) >= 11 is 3.51. The molecule has 0 radical (unpaired) electrons. The predicted octanol–water partition coefficient (Wildman–Crippen LogP) is 7.38. The lowest BCUT2D eigenvalue weighted by molar-refractivity contribution is -0.141. The topological polar surface area (TPSA) is 49.4 Å². The molecule has 0 saturated heterocycles. The molecule has 1 N–H and O–H groups in total. The van der Waals surface area contributed by atoms with Crippen LogP contribution in [0.3, 0.4) is 0 Å². The third-order valence-corrected chi connectivity index (χ3v) is 7.53. The maximum atomic E-state index is 14.4. The fourth-order valence-corrected chi connectivity index (χ4v) is 5.12.